The molecular formula is C10H9FO6S. The minimum Gasteiger partial charge on any atom is -0.465 e. The third-order valence-corrected chi connectivity index (χ3v) is 2.83. The Morgan fingerprint density at radius 1 is 1.00 bits per heavy atom. The molecule has 0 unspecified atom stereocenters. The molecule has 1 rings (SSSR count). The van der Waals surface area contributed by atoms with Crippen molar-refractivity contribution in [2.24, 2.45) is 0 Å². The number of carbonyl (C=O) groups excluding carboxylic acids is 2. The van der Waals surface area contributed by atoms with Crippen molar-refractivity contribution in [1.82, 2.24) is 0 Å². The summed E-state index contributed by atoms with van der Waals surface area (Å²) in [6, 6.07) is 2.59. The van der Waals surface area contributed by atoms with Crippen molar-refractivity contribution >= 4 is 22.2 Å². The fourth-order valence-corrected chi connectivity index (χ4v) is 1.75. The molecule has 1 aromatic carbocycles. The summed E-state index contributed by atoms with van der Waals surface area (Å²) in [5.74, 6) is -1.80. The highest BCUT2D eigenvalue weighted by atomic mass is 32.3. The van der Waals surface area contributed by atoms with Crippen molar-refractivity contribution in [2.45, 2.75) is 4.90 Å². The van der Waals surface area contributed by atoms with E-state index in [1.165, 1.54) is 0 Å². The van der Waals surface area contributed by atoms with Gasteiger partial charge in [-0.1, -0.05) is 0 Å². The number of methoxy groups -OCH3 is 2. The molecule has 0 amide bonds. The van der Waals surface area contributed by atoms with Gasteiger partial charge in [0.1, 0.15) is 4.90 Å². The second-order valence-electron chi connectivity index (χ2n) is 3.17. The number of esters is 2. The summed E-state index contributed by atoms with van der Waals surface area (Å²) >= 11 is 0. The Morgan fingerprint density at radius 3 is 1.67 bits per heavy atom. The zero-order valence-electron chi connectivity index (χ0n) is 9.47. The van der Waals surface area contributed by atoms with Gasteiger partial charge in [0.05, 0.1) is 25.3 Å². The smallest absolute Gasteiger partial charge is 0.337 e. The predicted octanol–water partition coefficient (Wildman–Crippen LogP) is 0.918. The third kappa shape index (κ3) is 3.04. The Morgan fingerprint density at radius 2 is 1.39 bits per heavy atom. The summed E-state index contributed by atoms with van der Waals surface area (Å²) in [5.41, 5.74) is -0.534. The quantitative estimate of drug-likeness (QED) is 0.602. The highest BCUT2D eigenvalue weighted by Crippen LogP contribution is 2.18. The second-order valence-corrected chi connectivity index (χ2v) is 4.51. The summed E-state index contributed by atoms with van der Waals surface area (Å²) in [5, 5.41) is 0. The van der Waals surface area contributed by atoms with Gasteiger partial charge in [0.25, 0.3) is 0 Å². The molecule has 0 aliphatic heterocycles. The molecule has 0 radical (unpaired) electrons. The molecule has 0 spiro atoms. The lowest BCUT2D eigenvalue weighted by atomic mass is 10.1. The van der Waals surface area contributed by atoms with Gasteiger partial charge in [0.15, 0.2) is 0 Å². The van der Waals surface area contributed by atoms with Crippen LogP contribution in [0, 0.1) is 0 Å². The maximum Gasteiger partial charge on any atom is 0.337 e. The topological polar surface area (TPSA) is 86.7 Å². The van der Waals surface area contributed by atoms with Crippen LogP contribution in [0.4, 0.5) is 3.89 Å². The monoisotopic (exact) mass is 276 g/mol. The van der Waals surface area contributed by atoms with E-state index in [2.05, 4.69) is 9.47 Å². The largest absolute Gasteiger partial charge is 0.465 e. The molecule has 0 fully saturated rings. The van der Waals surface area contributed by atoms with Crippen LogP contribution in [0.25, 0.3) is 0 Å². The van der Waals surface area contributed by atoms with Crippen LogP contribution in [0.3, 0.4) is 0 Å². The van der Waals surface area contributed by atoms with E-state index in [-0.39, 0.29) is 11.1 Å². The van der Waals surface area contributed by atoms with Gasteiger partial charge >= 0.3 is 22.2 Å². The average molecular weight is 276 g/mol. The van der Waals surface area contributed by atoms with E-state index >= 15 is 0 Å². The van der Waals surface area contributed by atoms with Crippen molar-refractivity contribution in [1.29, 1.82) is 0 Å². The first-order chi connectivity index (χ1) is 8.29. The summed E-state index contributed by atoms with van der Waals surface area (Å²) in [7, 11) is -2.91. The van der Waals surface area contributed by atoms with Crippen LogP contribution >= 0.6 is 0 Å². The van der Waals surface area contributed by atoms with E-state index in [1.807, 2.05) is 0 Å². The average Bonchev–Trinajstić information content (AvgIpc) is 2.35. The van der Waals surface area contributed by atoms with Crippen molar-refractivity contribution < 1.29 is 31.4 Å². The SMILES string of the molecule is COC(=O)c1cc(C(=O)OC)cc(S(=O)(=O)F)c1. The summed E-state index contributed by atoms with van der Waals surface area (Å²) in [6.45, 7) is 0. The number of halogens is 1. The van der Waals surface area contributed by atoms with Gasteiger partial charge in [-0.3, -0.25) is 0 Å². The fourth-order valence-electron chi connectivity index (χ4n) is 1.21. The predicted molar refractivity (Wildman–Crippen MR) is 57.4 cm³/mol. The van der Waals surface area contributed by atoms with Gasteiger partial charge in [0.2, 0.25) is 0 Å². The van der Waals surface area contributed by atoms with E-state index in [9.17, 15) is 21.9 Å². The number of hydrogen-bond acceptors (Lipinski definition) is 6. The number of carbonyl (C=O) groups is 2. The molecule has 1 aromatic rings. The van der Waals surface area contributed by atoms with Crippen LogP contribution in [0.5, 0.6) is 0 Å². The van der Waals surface area contributed by atoms with Crippen LogP contribution in [-0.4, -0.2) is 34.6 Å². The van der Waals surface area contributed by atoms with E-state index < -0.39 is 27.1 Å². The van der Waals surface area contributed by atoms with Crippen molar-refractivity contribution in [3.05, 3.63) is 29.3 Å². The molecule has 0 aliphatic carbocycles. The minimum absolute atomic E-state index is 0.267. The Bertz CT molecular complexity index is 558. The molecule has 8 heteroatoms. The number of benzene rings is 1. The minimum atomic E-state index is -5.05. The molecule has 0 atom stereocenters. The lowest BCUT2D eigenvalue weighted by molar-refractivity contribution is 0.0598. The fraction of sp³-hybridized carbons (Fsp3) is 0.200. The highest BCUT2D eigenvalue weighted by molar-refractivity contribution is 7.86. The Kier molecular flexibility index (Phi) is 4.02. The van der Waals surface area contributed by atoms with Gasteiger partial charge in [-0.25, -0.2) is 9.59 Å². The molecule has 98 valence electrons. The van der Waals surface area contributed by atoms with E-state index in [1.54, 1.807) is 0 Å². The first kappa shape index (κ1) is 14.1. The second kappa shape index (κ2) is 5.13. The van der Waals surface area contributed by atoms with Crippen molar-refractivity contribution in [3.8, 4) is 0 Å². The molecular weight excluding hydrogens is 267 g/mol. The number of hydrogen-bond donors (Lipinski definition) is 0. The number of ether oxygens (including phenoxy) is 2. The van der Waals surface area contributed by atoms with Gasteiger partial charge in [-0.05, 0) is 18.2 Å². The maximum absolute atomic E-state index is 12.9. The number of rotatable bonds is 3. The van der Waals surface area contributed by atoms with E-state index in [0.717, 1.165) is 32.4 Å². The van der Waals surface area contributed by atoms with Gasteiger partial charge in [-0.15, -0.1) is 3.89 Å². The maximum atomic E-state index is 12.9. The lowest BCUT2D eigenvalue weighted by Crippen LogP contribution is -2.08. The summed E-state index contributed by atoms with van der Waals surface area (Å²) in [6.07, 6.45) is 0. The molecule has 6 nitrogen and oxygen atoms in total. The van der Waals surface area contributed by atoms with E-state index in [0.29, 0.717) is 0 Å². The molecule has 0 aliphatic rings. The van der Waals surface area contributed by atoms with Crippen LogP contribution in [0.15, 0.2) is 23.1 Å². The van der Waals surface area contributed by atoms with Crippen LogP contribution in [0.2, 0.25) is 0 Å². The van der Waals surface area contributed by atoms with Gasteiger partial charge in [-0.2, -0.15) is 8.42 Å². The van der Waals surface area contributed by atoms with Crippen LogP contribution in [0.1, 0.15) is 20.7 Å². The molecule has 0 bridgehead atoms. The molecule has 0 heterocycles. The Balaban J connectivity index is 3.48. The normalized spacial score (nSPS) is 10.8. The van der Waals surface area contributed by atoms with Crippen molar-refractivity contribution in [2.75, 3.05) is 14.2 Å². The summed E-state index contributed by atoms with van der Waals surface area (Å²) in [4.78, 5) is 21.7. The Hall–Kier alpha value is -1.96. The van der Waals surface area contributed by atoms with Gasteiger partial charge < -0.3 is 9.47 Å². The first-order valence-corrected chi connectivity index (χ1v) is 5.94. The zero-order chi connectivity index (χ0) is 13.9. The summed E-state index contributed by atoms with van der Waals surface area (Å²) < 4.78 is 43.2. The standard InChI is InChI=1S/C10H9FO6S/c1-16-9(12)6-3-7(10(13)17-2)5-8(4-6)18(11,14)15/h3-5H,1-2H3. The lowest BCUT2D eigenvalue weighted by Gasteiger charge is -2.05. The zero-order valence-corrected chi connectivity index (χ0v) is 10.3. The molecule has 18 heavy (non-hydrogen) atoms. The third-order valence-electron chi connectivity index (χ3n) is 2.03. The molecule has 0 N–H and O–H groups in total. The van der Waals surface area contributed by atoms with Gasteiger partial charge in [0, 0.05) is 0 Å². The van der Waals surface area contributed by atoms with Crippen molar-refractivity contribution in [3.63, 3.8) is 0 Å². The molecule has 0 aromatic heterocycles. The molecule has 0 saturated heterocycles. The van der Waals surface area contributed by atoms with Crippen LogP contribution in [-0.2, 0) is 19.7 Å². The molecule has 0 saturated carbocycles. The highest BCUT2D eigenvalue weighted by Gasteiger charge is 2.20. The Labute approximate surface area is 103 Å². The first-order valence-electron chi connectivity index (χ1n) is 4.56. The van der Waals surface area contributed by atoms with E-state index in [4.69, 9.17) is 0 Å². The van der Waals surface area contributed by atoms with Crippen LogP contribution < -0.4 is 0 Å².